The molecule has 35 heavy (non-hydrogen) atoms. The third kappa shape index (κ3) is 7.47. The zero-order chi connectivity index (χ0) is 24.3. The van der Waals surface area contributed by atoms with E-state index in [9.17, 15) is 5.11 Å². The van der Waals surface area contributed by atoms with Gasteiger partial charge in [-0.15, -0.1) is 0 Å². The van der Waals surface area contributed by atoms with Gasteiger partial charge in [-0.25, -0.2) is 0 Å². The van der Waals surface area contributed by atoms with E-state index < -0.39 is 5.60 Å². The summed E-state index contributed by atoms with van der Waals surface area (Å²) >= 11 is 0. The van der Waals surface area contributed by atoms with Gasteiger partial charge in [0.2, 0.25) is 0 Å². The molecule has 1 saturated heterocycles. The Morgan fingerprint density at radius 1 is 0.800 bits per heavy atom. The minimum Gasteiger partial charge on any atom is -0.495 e. The van der Waals surface area contributed by atoms with Gasteiger partial charge >= 0.3 is 0 Å². The first-order valence-corrected chi connectivity index (χ1v) is 14.0. The minimum atomic E-state index is -0.625. The summed E-state index contributed by atoms with van der Waals surface area (Å²) in [6, 6.07) is 19.0. The summed E-state index contributed by atoms with van der Waals surface area (Å²) in [6.45, 7) is 5.09. The number of ether oxygens (including phenoxy) is 1. The van der Waals surface area contributed by atoms with Crippen molar-refractivity contribution in [2.24, 2.45) is 5.92 Å². The Hall–Kier alpha value is -2.04. The fourth-order valence-electron chi connectivity index (χ4n) is 6.17. The van der Waals surface area contributed by atoms with Crippen LogP contribution >= 0.6 is 0 Å². The van der Waals surface area contributed by atoms with Crippen LogP contribution in [0.5, 0.6) is 5.75 Å². The molecule has 4 nitrogen and oxygen atoms in total. The second kappa shape index (κ2) is 13.3. The highest BCUT2D eigenvalue weighted by Gasteiger charge is 2.37. The highest BCUT2D eigenvalue weighted by molar-refractivity contribution is 5.58. The molecule has 0 amide bonds. The summed E-state index contributed by atoms with van der Waals surface area (Å²) in [5.74, 6) is 1.28. The van der Waals surface area contributed by atoms with Crippen molar-refractivity contribution in [1.82, 2.24) is 4.90 Å². The molecule has 1 N–H and O–H groups in total. The van der Waals surface area contributed by atoms with E-state index in [0.717, 1.165) is 64.2 Å². The number of aliphatic hydroxyl groups is 1. The fourth-order valence-corrected chi connectivity index (χ4v) is 6.17. The number of piperazine rings is 1. The van der Waals surface area contributed by atoms with Gasteiger partial charge in [-0.3, -0.25) is 4.90 Å². The minimum absolute atomic E-state index is 0.319. The maximum atomic E-state index is 12.2. The van der Waals surface area contributed by atoms with E-state index >= 15 is 0 Å². The second-order valence-corrected chi connectivity index (χ2v) is 10.8. The molecule has 1 aliphatic heterocycles. The predicted molar refractivity (Wildman–Crippen MR) is 146 cm³/mol. The van der Waals surface area contributed by atoms with E-state index in [1.54, 1.807) is 7.11 Å². The van der Waals surface area contributed by atoms with Crippen LogP contribution in [0.2, 0.25) is 0 Å². The average molecular weight is 479 g/mol. The van der Waals surface area contributed by atoms with Gasteiger partial charge < -0.3 is 14.7 Å². The van der Waals surface area contributed by atoms with Crippen molar-refractivity contribution in [2.75, 3.05) is 44.7 Å². The molecular formula is C31H46N2O2. The summed E-state index contributed by atoms with van der Waals surface area (Å²) in [5.41, 5.74) is 1.84. The molecule has 2 unspecified atom stereocenters. The smallest absolute Gasteiger partial charge is 0.142 e. The van der Waals surface area contributed by atoms with Crippen LogP contribution in [0.4, 0.5) is 5.69 Å². The van der Waals surface area contributed by atoms with Gasteiger partial charge in [-0.05, 0) is 30.5 Å². The third-order valence-electron chi connectivity index (χ3n) is 8.30. The predicted octanol–water partition coefficient (Wildman–Crippen LogP) is 6.32. The van der Waals surface area contributed by atoms with Crippen LogP contribution in [0.3, 0.4) is 0 Å². The van der Waals surface area contributed by atoms with Gasteiger partial charge in [0.25, 0.3) is 0 Å². The van der Waals surface area contributed by atoms with Crippen LogP contribution < -0.4 is 9.64 Å². The molecule has 0 aromatic heterocycles. The van der Waals surface area contributed by atoms with E-state index in [-0.39, 0.29) is 0 Å². The lowest BCUT2D eigenvalue weighted by Gasteiger charge is -2.43. The maximum Gasteiger partial charge on any atom is 0.142 e. The van der Waals surface area contributed by atoms with Crippen LogP contribution in [-0.2, 0) is 6.42 Å². The molecule has 4 heteroatoms. The number of methoxy groups -OCH3 is 1. The summed E-state index contributed by atoms with van der Waals surface area (Å²) in [4.78, 5) is 5.06. The van der Waals surface area contributed by atoms with Crippen molar-refractivity contribution in [3.63, 3.8) is 0 Å². The highest BCUT2D eigenvalue weighted by atomic mass is 16.5. The normalized spacial score (nSPS) is 25.4. The van der Waals surface area contributed by atoms with Crippen LogP contribution in [0.25, 0.3) is 0 Å². The molecule has 0 bridgehead atoms. The molecule has 1 saturated carbocycles. The van der Waals surface area contributed by atoms with Gasteiger partial charge in [-0.2, -0.15) is 0 Å². The molecule has 2 atom stereocenters. The molecule has 2 aliphatic rings. The molecule has 4 rings (SSSR count). The average Bonchev–Trinajstić information content (AvgIpc) is 2.89. The number of hydrogen-bond acceptors (Lipinski definition) is 4. The molecule has 1 heterocycles. The van der Waals surface area contributed by atoms with Crippen molar-refractivity contribution in [3.05, 3.63) is 60.2 Å². The topological polar surface area (TPSA) is 35.9 Å². The molecular weight excluding hydrogens is 432 g/mol. The third-order valence-corrected chi connectivity index (χ3v) is 8.30. The van der Waals surface area contributed by atoms with Crippen LogP contribution in [0.1, 0.15) is 69.8 Å². The Bertz CT molecular complexity index is 865. The zero-order valence-corrected chi connectivity index (χ0v) is 21.8. The maximum absolute atomic E-state index is 12.2. The lowest BCUT2D eigenvalue weighted by atomic mass is 9.75. The monoisotopic (exact) mass is 478 g/mol. The SMILES string of the molecule is COc1ccccc1N1CCN(CC2CCCCCCCCCCC2(O)Cc2ccccc2)CC1. The van der Waals surface area contributed by atoms with E-state index in [2.05, 4.69) is 58.3 Å². The molecule has 2 aromatic carbocycles. The number of anilines is 1. The first kappa shape index (κ1) is 26.0. The van der Waals surface area contributed by atoms with Gasteiger partial charge in [0.1, 0.15) is 5.75 Å². The summed E-state index contributed by atoms with van der Waals surface area (Å²) in [6.07, 6.45) is 13.2. The lowest BCUT2D eigenvalue weighted by Crippen LogP contribution is -2.52. The van der Waals surface area contributed by atoms with E-state index in [1.807, 2.05) is 6.07 Å². The fraction of sp³-hybridized carbons (Fsp3) is 0.613. The Morgan fingerprint density at radius 2 is 1.43 bits per heavy atom. The van der Waals surface area contributed by atoms with Crippen molar-refractivity contribution in [1.29, 1.82) is 0 Å². The van der Waals surface area contributed by atoms with E-state index in [0.29, 0.717) is 5.92 Å². The van der Waals surface area contributed by atoms with Crippen molar-refractivity contribution in [2.45, 2.75) is 76.2 Å². The Labute approximate surface area is 213 Å². The number of rotatable bonds is 6. The second-order valence-electron chi connectivity index (χ2n) is 10.8. The van der Waals surface area contributed by atoms with Crippen molar-refractivity contribution in [3.8, 4) is 5.75 Å². The van der Waals surface area contributed by atoms with Gasteiger partial charge in [0.05, 0.1) is 18.4 Å². The molecule has 2 aromatic rings. The van der Waals surface area contributed by atoms with Crippen LogP contribution in [0.15, 0.2) is 54.6 Å². The Balaban J connectivity index is 1.45. The lowest BCUT2D eigenvalue weighted by molar-refractivity contribution is -0.0451. The van der Waals surface area contributed by atoms with Crippen LogP contribution in [0, 0.1) is 5.92 Å². The molecule has 1 aliphatic carbocycles. The van der Waals surface area contributed by atoms with Crippen molar-refractivity contribution >= 4 is 5.69 Å². The summed E-state index contributed by atoms with van der Waals surface area (Å²) in [5, 5.41) is 12.2. The molecule has 0 radical (unpaired) electrons. The first-order chi connectivity index (χ1) is 17.2. The molecule has 2 fully saturated rings. The number of benzene rings is 2. The quantitative estimate of drug-likeness (QED) is 0.527. The molecule has 192 valence electrons. The van der Waals surface area contributed by atoms with Crippen LogP contribution in [-0.4, -0.2) is 55.4 Å². The zero-order valence-electron chi connectivity index (χ0n) is 21.8. The van der Waals surface area contributed by atoms with E-state index in [1.165, 1.54) is 56.2 Å². The van der Waals surface area contributed by atoms with Gasteiger partial charge in [0.15, 0.2) is 0 Å². The largest absolute Gasteiger partial charge is 0.495 e. The van der Waals surface area contributed by atoms with E-state index in [4.69, 9.17) is 4.74 Å². The Kier molecular flexibility index (Phi) is 9.91. The first-order valence-electron chi connectivity index (χ1n) is 14.0. The summed E-state index contributed by atoms with van der Waals surface area (Å²) < 4.78 is 5.61. The van der Waals surface area contributed by atoms with Gasteiger partial charge in [0, 0.05) is 45.1 Å². The standard InChI is InChI=1S/C31H46N2O2/c1-35-30-19-13-12-18-29(30)33-23-21-32(22-24-33)26-28-17-11-6-4-2-3-5-7-14-20-31(28,34)25-27-15-9-8-10-16-27/h8-10,12-13,15-16,18-19,28,34H,2-7,11,14,17,20-26H2,1H3. The number of para-hydroxylation sites is 2. The number of nitrogens with zero attached hydrogens (tertiary/aromatic N) is 2. The van der Waals surface area contributed by atoms with Crippen molar-refractivity contribution < 1.29 is 9.84 Å². The Morgan fingerprint density at radius 3 is 2.14 bits per heavy atom. The summed E-state index contributed by atoms with van der Waals surface area (Å²) in [7, 11) is 1.76. The van der Waals surface area contributed by atoms with Gasteiger partial charge in [-0.1, -0.05) is 93.8 Å². The number of hydrogen-bond donors (Lipinski definition) is 1. The highest BCUT2D eigenvalue weighted by Crippen LogP contribution is 2.35. The molecule has 0 spiro atoms.